The number of aliphatic hydroxyl groups is 1. The van der Waals surface area contributed by atoms with Crippen LogP contribution >= 0.6 is 0 Å². The van der Waals surface area contributed by atoms with Crippen molar-refractivity contribution >= 4 is 11.8 Å². The minimum absolute atomic E-state index is 0.0245. The molecule has 5 heteroatoms. The normalized spacial score (nSPS) is 23.1. The molecule has 2 amide bonds. The molecule has 1 fully saturated rings. The smallest absolute Gasteiger partial charge is 0.239 e. The van der Waals surface area contributed by atoms with Gasteiger partial charge in [0.2, 0.25) is 11.8 Å². The van der Waals surface area contributed by atoms with E-state index < -0.39 is 5.60 Å². The number of rotatable bonds is 6. The zero-order valence-electron chi connectivity index (χ0n) is 15.4. The second-order valence-electron chi connectivity index (χ2n) is 7.80. The predicted octanol–water partition coefficient (Wildman–Crippen LogP) is 2.41. The number of amides is 2. The van der Waals surface area contributed by atoms with E-state index in [1.807, 2.05) is 24.3 Å². The first-order valence-electron chi connectivity index (χ1n) is 9.91. The number of carbonyl (C=O) groups excluding carboxylic acids is 2. The Kier molecular flexibility index (Phi) is 6.30. The summed E-state index contributed by atoms with van der Waals surface area (Å²) in [6, 6.07) is 7.87. The predicted molar refractivity (Wildman–Crippen MR) is 100 cm³/mol. The van der Waals surface area contributed by atoms with Crippen molar-refractivity contribution in [3.8, 4) is 0 Å². The molecule has 2 aliphatic carbocycles. The van der Waals surface area contributed by atoms with Crippen molar-refractivity contribution in [1.82, 2.24) is 10.6 Å². The van der Waals surface area contributed by atoms with Crippen LogP contribution in [-0.4, -0.2) is 30.0 Å². The van der Waals surface area contributed by atoms with Gasteiger partial charge in [0.1, 0.15) is 5.60 Å². The fourth-order valence-electron chi connectivity index (χ4n) is 4.29. The second kappa shape index (κ2) is 8.67. The lowest BCUT2D eigenvalue weighted by Gasteiger charge is -2.34. The fourth-order valence-corrected chi connectivity index (χ4v) is 4.29. The summed E-state index contributed by atoms with van der Waals surface area (Å²) in [6.07, 6.45) is 8.94. The Morgan fingerprint density at radius 3 is 2.62 bits per heavy atom. The third kappa shape index (κ3) is 4.85. The van der Waals surface area contributed by atoms with Crippen LogP contribution in [0.1, 0.15) is 62.5 Å². The van der Waals surface area contributed by atoms with Crippen LogP contribution in [0.5, 0.6) is 0 Å². The lowest BCUT2D eigenvalue weighted by Crippen LogP contribution is -2.46. The van der Waals surface area contributed by atoms with Gasteiger partial charge < -0.3 is 15.7 Å². The van der Waals surface area contributed by atoms with E-state index in [2.05, 4.69) is 10.6 Å². The minimum atomic E-state index is -1.02. The molecule has 3 rings (SSSR count). The van der Waals surface area contributed by atoms with Gasteiger partial charge >= 0.3 is 0 Å². The highest BCUT2D eigenvalue weighted by atomic mass is 16.3. The maximum Gasteiger partial charge on any atom is 0.239 e. The van der Waals surface area contributed by atoms with Crippen LogP contribution in [0.2, 0.25) is 0 Å². The van der Waals surface area contributed by atoms with Crippen molar-refractivity contribution in [3.05, 3.63) is 35.4 Å². The largest absolute Gasteiger partial charge is 0.383 e. The van der Waals surface area contributed by atoms with E-state index in [-0.39, 0.29) is 24.9 Å². The van der Waals surface area contributed by atoms with Crippen molar-refractivity contribution in [2.24, 2.45) is 5.92 Å². The summed E-state index contributed by atoms with van der Waals surface area (Å²) in [4.78, 5) is 24.1. The van der Waals surface area contributed by atoms with E-state index in [9.17, 15) is 14.7 Å². The highest BCUT2D eigenvalue weighted by molar-refractivity contribution is 5.84. The molecule has 142 valence electrons. The molecular formula is C21H30N2O3. The summed E-state index contributed by atoms with van der Waals surface area (Å²) < 4.78 is 0. The Morgan fingerprint density at radius 1 is 1.04 bits per heavy atom. The highest BCUT2D eigenvalue weighted by Crippen LogP contribution is 2.34. The molecule has 26 heavy (non-hydrogen) atoms. The Hall–Kier alpha value is -1.88. The number of carbonyl (C=O) groups is 2. The maximum absolute atomic E-state index is 12.1. The van der Waals surface area contributed by atoms with Crippen LogP contribution in [0.4, 0.5) is 0 Å². The highest BCUT2D eigenvalue weighted by Gasteiger charge is 2.34. The molecule has 0 spiro atoms. The first-order chi connectivity index (χ1) is 12.6. The van der Waals surface area contributed by atoms with Crippen molar-refractivity contribution in [2.75, 3.05) is 13.1 Å². The van der Waals surface area contributed by atoms with Gasteiger partial charge in [-0.1, -0.05) is 43.5 Å². The first-order valence-corrected chi connectivity index (χ1v) is 9.91. The summed E-state index contributed by atoms with van der Waals surface area (Å²) in [7, 11) is 0. The van der Waals surface area contributed by atoms with E-state index in [0.717, 1.165) is 36.8 Å². The van der Waals surface area contributed by atoms with E-state index in [1.54, 1.807) is 0 Å². The standard InChI is InChI=1S/C21H30N2O3/c24-19(13-16-7-2-1-3-8-16)22-14-20(25)23-15-21(26)12-6-10-17-9-4-5-11-18(17)21/h4-5,9,11,16,26H,1-3,6-8,10,12-15H2,(H,22,24)(H,23,25). The number of nitrogens with one attached hydrogen (secondary N) is 2. The van der Waals surface area contributed by atoms with Crippen LogP contribution in [-0.2, 0) is 21.6 Å². The molecule has 1 saturated carbocycles. The van der Waals surface area contributed by atoms with Gasteiger partial charge in [-0.05, 0) is 49.1 Å². The molecule has 0 aliphatic heterocycles. The van der Waals surface area contributed by atoms with Crippen LogP contribution < -0.4 is 10.6 Å². The molecule has 0 bridgehead atoms. The van der Waals surface area contributed by atoms with Crippen molar-refractivity contribution < 1.29 is 14.7 Å². The van der Waals surface area contributed by atoms with Crippen molar-refractivity contribution in [1.29, 1.82) is 0 Å². The Bertz CT molecular complexity index is 640. The zero-order valence-corrected chi connectivity index (χ0v) is 15.4. The number of fused-ring (bicyclic) bond motifs is 1. The van der Waals surface area contributed by atoms with E-state index in [1.165, 1.54) is 19.3 Å². The SMILES string of the molecule is O=C(CNC(=O)CC1CCCCC1)NCC1(O)CCCc2ccccc21. The molecule has 0 radical (unpaired) electrons. The monoisotopic (exact) mass is 358 g/mol. The molecular weight excluding hydrogens is 328 g/mol. The molecule has 0 saturated heterocycles. The molecule has 0 heterocycles. The average Bonchev–Trinajstić information content (AvgIpc) is 2.66. The van der Waals surface area contributed by atoms with Crippen molar-refractivity contribution in [2.45, 2.75) is 63.4 Å². The van der Waals surface area contributed by atoms with E-state index in [4.69, 9.17) is 0 Å². The molecule has 0 aromatic heterocycles. The Labute approximate surface area is 155 Å². The van der Waals surface area contributed by atoms with Gasteiger partial charge in [0.05, 0.1) is 13.1 Å². The number of aryl methyl sites for hydroxylation is 1. The maximum atomic E-state index is 12.1. The van der Waals surface area contributed by atoms with Crippen molar-refractivity contribution in [3.63, 3.8) is 0 Å². The number of hydrogen-bond acceptors (Lipinski definition) is 3. The Morgan fingerprint density at radius 2 is 1.81 bits per heavy atom. The lowest BCUT2D eigenvalue weighted by molar-refractivity contribution is -0.127. The molecule has 5 nitrogen and oxygen atoms in total. The van der Waals surface area contributed by atoms with Gasteiger partial charge in [0.15, 0.2) is 0 Å². The number of benzene rings is 1. The molecule has 1 aromatic rings. The van der Waals surface area contributed by atoms with Crippen LogP contribution in [0.25, 0.3) is 0 Å². The van der Waals surface area contributed by atoms with Crippen LogP contribution in [0, 0.1) is 5.92 Å². The minimum Gasteiger partial charge on any atom is -0.383 e. The van der Waals surface area contributed by atoms with Gasteiger partial charge in [0.25, 0.3) is 0 Å². The topological polar surface area (TPSA) is 78.4 Å². The van der Waals surface area contributed by atoms with Gasteiger partial charge in [-0.15, -0.1) is 0 Å². The fraction of sp³-hybridized carbons (Fsp3) is 0.619. The summed E-state index contributed by atoms with van der Waals surface area (Å²) in [5.74, 6) is 0.165. The van der Waals surface area contributed by atoms with Crippen LogP contribution in [0.3, 0.4) is 0 Å². The molecule has 3 N–H and O–H groups in total. The van der Waals surface area contributed by atoms with Crippen LogP contribution in [0.15, 0.2) is 24.3 Å². The summed E-state index contributed by atoms with van der Waals surface area (Å²) >= 11 is 0. The number of hydrogen-bond donors (Lipinski definition) is 3. The average molecular weight is 358 g/mol. The quantitative estimate of drug-likeness (QED) is 0.731. The summed E-state index contributed by atoms with van der Waals surface area (Å²) in [6.45, 7) is 0.157. The van der Waals surface area contributed by atoms with Gasteiger partial charge in [0, 0.05) is 6.42 Å². The third-order valence-electron chi connectivity index (χ3n) is 5.78. The third-order valence-corrected chi connectivity index (χ3v) is 5.78. The first kappa shape index (κ1) is 18.9. The summed E-state index contributed by atoms with van der Waals surface area (Å²) in [5.41, 5.74) is 1.04. The molecule has 1 aromatic carbocycles. The summed E-state index contributed by atoms with van der Waals surface area (Å²) in [5, 5.41) is 16.5. The second-order valence-corrected chi connectivity index (χ2v) is 7.80. The Balaban J connectivity index is 1.43. The lowest BCUT2D eigenvalue weighted by atomic mass is 9.79. The van der Waals surface area contributed by atoms with E-state index in [0.29, 0.717) is 18.8 Å². The molecule has 1 atom stereocenters. The van der Waals surface area contributed by atoms with Gasteiger partial charge in [-0.2, -0.15) is 0 Å². The van der Waals surface area contributed by atoms with Gasteiger partial charge in [-0.25, -0.2) is 0 Å². The molecule has 1 unspecified atom stereocenters. The van der Waals surface area contributed by atoms with Gasteiger partial charge in [-0.3, -0.25) is 9.59 Å². The van der Waals surface area contributed by atoms with E-state index >= 15 is 0 Å². The molecule has 2 aliphatic rings. The zero-order chi connectivity index (χ0) is 18.4.